The largest absolute Gasteiger partial charge is 0.387 e. The van der Waals surface area contributed by atoms with Crippen molar-refractivity contribution in [1.29, 1.82) is 0 Å². The van der Waals surface area contributed by atoms with E-state index in [0.717, 1.165) is 64.6 Å². The first-order valence-electron chi connectivity index (χ1n) is 13.0. The van der Waals surface area contributed by atoms with Crippen LogP contribution in [0.25, 0.3) is 0 Å². The zero-order chi connectivity index (χ0) is 23.8. The summed E-state index contributed by atoms with van der Waals surface area (Å²) in [5.74, 6) is 0.543. The summed E-state index contributed by atoms with van der Waals surface area (Å²) in [7, 11) is 0. The molecule has 0 aromatic heterocycles. The summed E-state index contributed by atoms with van der Waals surface area (Å²) in [5, 5.41) is 9.33. The van der Waals surface area contributed by atoms with Gasteiger partial charge in [-0.05, 0) is 74.6 Å². The Morgan fingerprint density at radius 3 is 2.42 bits per heavy atom. The Morgan fingerprint density at radius 1 is 1.12 bits per heavy atom. The minimum atomic E-state index is -0.388. The van der Waals surface area contributed by atoms with Gasteiger partial charge in [0.25, 0.3) is 0 Å². The van der Waals surface area contributed by atoms with Crippen molar-refractivity contribution in [3.63, 3.8) is 0 Å². The molecule has 2 aliphatic heterocycles. The Bertz CT molecular complexity index is 766. The second kappa shape index (κ2) is 12.5. The number of aliphatic hydroxyl groups is 1. The molecule has 184 valence electrons. The topological polar surface area (TPSA) is 86.9 Å². The molecule has 0 aliphatic carbocycles. The Kier molecular flexibility index (Phi) is 9.75. The zero-order valence-corrected chi connectivity index (χ0v) is 20.5. The summed E-state index contributed by atoms with van der Waals surface area (Å²) in [6.07, 6.45) is 10.3. The highest BCUT2D eigenvalue weighted by Gasteiger charge is 2.40. The first-order chi connectivity index (χ1) is 16.0. The van der Waals surface area contributed by atoms with Crippen molar-refractivity contribution >= 4 is 11.8 Å². The fourth-order valence-electron chi connectivity index (χ4n) is 5.91. The number of hydrogen-bond acceptors (Lipinski definition) is 4. The monoisotopic (exact) mass is 457 g/mol. The Labute approximate surface area is 199 Å². The summed E-state index contributed by atoms with van der Waals surface area (Å²) in [5.41, 5.74) is 7.35. The van der Waals surface area contributed by atoms with Crippen LogP contribution in [0, 0.1) is 5.92 Å². The summed E-state index contributed by atoms with van der Waals surface area (Å²) in [4.78, 5) is 28.3. The molecule has 33 heavy (non-hydrogen) atoms. The molecule has 6 nitrogen and oxygen atoms in total. The molecular formula is C27H43N3O3. The van der Waals surface area contributed by atoms with Gasteiger partial charge in [-0.2, -0.15) is 0 Å². The highest BCUT2D eigenvalue weighted by Crippen LogP contribution is 2.43. The van der Waals surface area contributed by atoms with Crippen LogP contribution in [-0.2, 0) is 4.79 Å². The number of nitrogens with zero attached hydrogens (tertiary/aromatic N) is 2. The third-order valence-corrected chi connectivity index (χ3v) is 7.99. The molecule has 0 spiro atoms. The van der Waals surface area contributed by atoms with Crippen LogP contribution >= 0.6 is 0 Å². The minimum Gasteiger partial charge on any atom is -0.387 e. The van der Waals surface area contributed by atoms with E-state index in [2.05, 4.69) is 24.8 Å². The van der Waals surface area contributed by atoms with Gasteiger partial charge in [-0.3, -0.25) is 14.5 Å². The van der Waals surface area contributed by atoms with E-state index in [4.69, 9.17) is 5.73 Å². The Morgan fingerprint density at radius 2 is 1.82 bits per heavy atom. The lowest BCUT2D eigenvalue weighted by Crippen LogP contribution is -2.42. The van der Waals surface area contributed by atoms with Gasteiger partial charge in [-0.15, -0.1) is 0 Å². The van der Waals surface area contributed by atoms with Crippen LogP contribution in [0.4, 0.5) is 0 Å². The maximum atomic E-state index is 12.1. The number of piperidine rings is 1. The number of amides is 2. The molecule has 1 unspecified atom stereocenters. The lowest BCUT2D eigenvalue weighted by atomic mass is 9.84. The second-order valence-corrected chi connectivity index (χ2v) is 10.0. The first-order valence-corrected chi connectivity index (χ1v) is 13.0. The molecule has 3 atom stereocenters. The van der Waals surface area contributed by atoms with Gasteiger partial charge in [-0.1, -0.05) is 45.2 Å². The molecule has 2 amide bonds. The predicted molar refractivity (Wildman–Crippen MR) is 132 cm³/mol. The van der Waals surface area contributed by atoms with E-state index >= 15 is 0 Å². The standard InChI is InChI=1S/C27H43N3O3/c1-3-20(4-2)18-29(26(32)19-31)13-6-5-7-14-30-24-11-12-25(30)17-23(16-24)21-9-8-10-22(15-21)27(28)33/h8-10,15,20,23-25,31H,3-7,11-14,16-19H2,1-2H3,(H2,28,33)/t23?,24-,25+. The van der Waals surface area contributed by atoms with Crippen molar-refractivity contribution in [2.45, 2.75) is 89.6 Å². The predicted octanol–water partition coefficient (Wildman–Crippen LogP) is 3.92. The molecule has 3 N–H and O–H groups in total. The average molecular weight is 458 g/mol. The molecule has 0 radical (unpaired) electrons. The quantitative estimate of drug-likeness (QED) is 0.440. The summed E-state index contributed by atoms with van der Waals surface area (Å²) >= 11 is 0. The van der Waals surface area contributed by atoms with Crippen molar-refractivity contribution in [2.24, 2.45) is 11.7 Å². The van der Waals surface area contributed by atoms with E-state index in [9.17, 15) is 14.7 Å². The van der Waals surface area contributed by atoms with E-state index in [1.165, 1.54) is 18.4 Å². The van der Waals surface area contributed by atoms with Crippen LogP contribution in [0.15, 0.2) is 24.3 Å². The van der Waals surface area contributed by atoms with Gasteiger partial charge in [0.2, 0.25) is 11.8 Å². The van der Waals surface area contributed by atoms with E-state index in [0.29, 0.717) is 29.5 Å². The van der Waals surface area contributed by atoms with Crippen LogP contribution < -0.4 is 5.73 Å². The minimum absolute atomic E-state index is 0.137. The smallest absolute Gasteiger partial charge is 0.248 e. The number of nitrogens with two attached hydrogens (primary N) is 1. The molecule has 2 aliphatic rings. The van der Waals surface area contributed by atoms with E-state index in [-0.39, 0.29) is 18.4 Å². The van der Waals surface area contributed by atoms with Crippen LogP contribution in [-0.4, -0.2) is 65.0 Å². The first kappa shape index (κ1) is 25.7. The molecule has 1 aromatic carbocycles. The molecule has 6 heteroatoms. The average Bonchev–Trinajstić information content (AvgIpc) is 3.06. The van der Waals surface area contributed by atoms with Crippen molar-refractivity contribution in [2.75, 3.05) is 26.2 Å². The number of rotatable bonds is 13. The van der Waals surface area contributed by atoms with Crippen LogP contribution in [0.1, 0.15) is 93.5 Å². The van der Waals surface area contributed by atoms with Gasteiger partial charge in [0.15, 0.2) is 0 Å². The van der Waals surface area contributed by atoms with Gasteiger partial charge < -0.3 is 15.7 Å². The van der Waals surface area contributed by atoms with Crippen LogP contribution in [0.3, 0.4) is 0 Å². The molecule has 3 rings (SSSR count). The number of unbranched alkanes of at least 4 members (excludes halogenated alkanes) is 2. The SMILES string of the molecule is CCC(CC)CN(CCCCCN1[C@@H]2CC[C@H]1CC(c1cccc(C(N)=O)c1)C2)C(=O)CO. The molecule has 2 saturated heterocycles. The number of benzene rings is 1. The Hall–Kier alpha value is -1.92. The fourth-order valence-corrected chi connectivity index (χ4v) is 5.91. The van der Waals surface area contributed by atoms with Crippen LogP contribution in [0.5, 0.6) is 0 Å². The summed E-state index contributed by atoms with van der Waals surface area (Å²) < 4.78 is 0. The molecule has 2 fully saturated rings. The highest BCUT2D eigenvalue weighted by molar-refractivity contribution is 5.92. The lowest BCUT2D eigenvalue weighted by Gasteiger charge is -2.39. The van der Waals surface area contributed by atoms with E-state index < -0.39 is 0 Å². The number of primary amides is 1. The van der Waals surface area contributed by atoms with Gasteiger partial charge in [0.05, 0.1) is 0 Å². The molecule has 2 heterocycles. The molecule has 1 aromatic rings. The highest BCUT2D eigenvalue weighted by atomic mass is 16.3. The summed E-state index contributed by atoms with van der Waals surface area (Å²) in [6, 6.07) is 9.16. The van der Waals surface area contributed by atoms with Crippen molar-refractivity contribution in [1.82, 2.24) is 9.80 Å². The lowest BCUT2D eigenvalue weighted by molar-refractivity contribution is -0.135. The number of carbonyl (C=O) groups excluding carboxylic acids is 2. The fraction of sp³-hybridized carbons (Fsp3) is 0.704. The van der Waals surface area contributed by atoms with Crippen molar-refractivity contribution in [3.8, 4) is 0 Å². The van der Waals surface area contributed by atoms with Crippen molar-refractivity contribution < 1.29 is 14.7 Å². The van der Waals surface area contributed by atoms with Gasteiger partial charge in [0.1, 0.15) is 6.61 Å². The third-order valence-electron chi connectivity index (χ3n) is 7.99. The van der Waals surface area contributed by atoms with Crippen LogP contribution in [0.2, 0.25) is 0 Å². The molecule has 2 bridgehead atoms. The van der Waals surface area contributed by atoms with Gasteiger partial charge in [0, 0.05) is 30.7 Å². The maximum absolute atomic E-state index is 12.1. The third kappa shape index (κ3) is 6.80. The number of carbonyl (C=O) groups is 2. The van der Waals surface area contributed by atoms with E-state index in [1.54, 1.807) is 6.07 Å². The molecule has 0 saturated carbocycles. The van der Waals surface area contributed by atoms with Gasteiger partial charge >= 0.3 is 0 Å². The zero-order valence-electron chi connectivity index (χ0n) is 20.5. The Balaban J connectivity index is 1.44. The normalized spacial score (nSPS) is 22.6. The number of aliphatic hydroxyl groups excluding tert-OH is 1. The summed E-state index contributed by atoms with van der Waals surface area (Å²) in [6.45, 7) is 6.59. The van der Waals surface area contributed by atoms with Gasteiger partial charge in [-0.25, -0.2) is 0 Å². The number of fused-ring (bicyclic) bond motifs is 2. The van der Waals surface area contributed by atoms with Crippen molar-refractivity contribution in [3.05, 3.63) is 35.4 Å². The molecular weight excluding hydrogens is 414 g/mol. The number of hydrogen-bond donors (Lipinski definition) is 2. The maximum Gasteiger partial charge on any atom is 0.248 e. The van der Waals surface area contributed by atoms with E-state index in [1.807, 2.05) is 17.0 Å². The second-order valence-electron chi connectivity index (χ2n) is 10.0.